The van der Waals surface area contributed by atoms with Crippen molar-refractivity contribution in [3.8, 4) is 17.2 Å². The summed E-state index contributed by atoms with van der Waals surface area (Å²) in [6, 6.07) is 9.78. The normalized spacial score (nSPS) is 14.7. The Labute approximate surface area is 183 Å². The minimum absolute atomic E-state index is 0.000535. The van der Waals surface area contributed by atoms with Gasteiger partial charge in [-0.2, -0.15) is 4.31 Å². The van der Waals surface area contributed by atoms with Gasteiger partial charge in [-0.25, -0.2) is 8.42 Å². The summed E-state index contributed by atoms with van der Waals surface area (Å²) in [5.41, 5.74) is 0.917. The molecule has 1 fully saturated rings. The highest BCUT2D eigenvalue weighted by molar-refractivity contribution is 7.89. The zero-order chi connectivity index (χ0) is 22.4. The highest BCUT2D eigenvalue weighted by atomic mass is 32.2. The second-order valence-corrected chi connectivity index (χ2v) is 9.06. The maximum Gasteiger partial charge on any atom is 0.251 e. The van der Waals surface area contributed by atoms with Gasteiger partial charge in [0.25, 0.3) is 5.91 Å². The fraction of sp³-hybridized carbons (Fsp3) is 0.409. The van der Waals surface area contributed by atoms with Crippen LogP contribution in [0.5, 0.6) is 17.2 Å². The number of amides is 1. The minimum atomic E-state index is -3.76. The summed E-state index contributed by atoms with van der Waals surface area (Å²) in [6.45, 7) is 1.09. The third-order valence-electron chi connectivity index (χ3n) is 5.31. The summed E-state index contributed by atoms with van der Waals surface area (Å²) in [7, 11) is 0.740. The monoisotopic (exact) mass is 448 g/mol. The van der Waals surface area contributed by atoms with Crippen LogP contribution in [0, 0.1) is 0 Å². The van der Waals surface area contributed by atoms with E-state index in [2.05, 4.69) is 5.32 Å². The van der Waals surface area contributed by atoms with Gasteiger partial charge in [0, 0.05) is 18.7 Å². The number of nitrogens with one attached hydrogen (secondary N) is 1. The first-order valence-corrected chi connectivity index (χ1v) is 11.5. The van der Waals surface area contributed by atoms with Gasteiger partial charge in [-0.05, 0) is 43.2 Å². The Bertz CT molecular complexity index is 1010. The van der Waals surface area contributed by atoms with Crippen LogP contribution in [-0.4, -0.2) is 53.0 Å². The molecule has 168 valence electrons. The van der Waals surface area contributed by atoms with Gasteiger partial charge in [-0.3, -0.25) is 4.79 Å². The van der Waals surface area contributed by atoms with E-state index < -0.39 is 15.9 Å². The number of carbonyl (C=O) groups is 1. The van der Waals surface area contributed by atoms with Crippen molar-refractivity contribution in [2.24, 2.45) is 0 Å². The van der Waals surface area contributed by atoms with Crippen molar-refractivity contribution in [1.82, 2.24) is 9.62 Å². The number of piperidine rings is 1. The van der Waals surface area contributed by atoms with Gasteiger partial charge >= 0.3 is 0 Å². The van der Waals surface area contributed by atoms with Crippen molar-refractivity contribution in [2.45, 2.75) is 30.7 Å². The first-order chi connectivity index (χ1) is 14.9. The lowest BCUT2D eigenvalue weighted by molar-refractivity contribution is 0.0950. The Morgan fingerprint density at radius 3 is 2.13 bits per heavy atom. The Hall–Kier alpha value is -2.78. The number of hydrogen-bond donors (Lipinski definition) is 1. The average molecular weight is 449 g/mol. The van der Waals surface area contributed by atoms with Gasteiger partial charge in [0.05, 0.1) is 33.4 Å². The molecule has 1 saturated heterocycles. The molecule has 1 aliphatic rings. The lowest BCUT2D eigenvalue weighted by atomic mass is 10.1. The number of nitrogens with zero attached hydrogens (tertiary/aromatic N) is 1. The van der Waals surface area contributed by atoms with Crippen molar-refractivity contribution >= 4 is 15.9 Å². The van der Waals surface area contributed by atoms with E-state index in [-0.39, 0.29) is 22.8 Å². The van der Waals surface area contributed by atoms with E-state index in [0.717, 1.165) is 19.3 Å². The quantitative estimate of drug-likeness (QED) is 0.667. The molecule has 0 unspecified atom stereocenters. The van der Waals surface area contributed by atoms with E-state index in [4.69, 9.17) is 14.2 Å². The molecule has 0 radical (unpaired) electrons. The van der Waals surface area contributed by atoms with E-state index >= 15 is 0 Å². The molecule has 0 aromatic heterocycles. The number of methoxy groups -OCH3 is 3. The van der Waals surface area contributed by atoms with E-state index in [0.29, 0.717) is 30.2 Å². The second-order valence-electron chi connectivity index (χ2n) is 7.15. The lowest BCUT2D eigenvalue weighted by Crippen LogP contribution is -2.36. The molecule has 0 bridgehead atoms. The maximum absolute atomic E-state index is 13.2. The number of rotatable bonds is 8. The summed E-state index contributed by atoms with van der Waals surface area (Å²) in [6.07, 6.45) is 2.66. The van der Waals surface area contributed by atoms with Gasteiger partial charge < -0.3 is 19.5 Å². The van der Waals surface area contributed by atoms with Gasteiger partial charge in [0.15, 0.2) is 0 Å². The summed E-state index contributed by atoms with van der Waals surface area (Å²) < 4.78 is 43.8. The molecule has 3 rings (SSSR count). The minimum Gasteiger partial charge on any atom is -0.496 e. The molecule has 8 nitrogen and oxygen atoms in total. The van der Waals surface area contributed by atoms with Crippen molar-refractivity contribution in [1.29, 1.82) is 0 Å². The molecule has 2 aromatic carbocycles. The molecule has 1 N–H and O–H groups in total. The molecule has 0 spiro atoms. The molecular formula is C22H28N2O6S. The zero-order valence-electron chi connectivity index (χ0n) is 18.0. The summed E-state index contributed by atoms with van der Waals surface area (Å²) in [5.74, 6) is 0.977. The Kier molecular flexibility index (Phi) is 7.40. The predicted molar refractivity (Wildman–Crippen MR) is 116 cm³/mol. The number of benzene rings is 2. The largest absolute Gasteiger partial charge is 0.496 e. The van der Waals surface area contributed by atoms with E-state index in [1.165, 1.54) is 23.5 Å². The molecule has 0 aliphatic carbocycles. The SMILES string of the molecule is COc1ccc(C(=O)NCc2c(OC)cccc2OC)cc1S(=O)(=O)N1CCCCC1. The smallest absolute Gasteiger partial charge is 0.251 e. The number of carbonyl (C=O) groups excluding carboxylic acids is 1. The van der Waals surface area contributed by atoms with Crippen molar-refractivity contribution in [3.63, 3.8) is 0 Å². The zero-order valence-corrected chi connectivity index (χ0v) is 18.8. The number of ether oxygens (including phenoxy) is 3. The number of sulfonamides is 1. The fourth-order valence-corrected chi connectivity index (χ4v) is 5.34. The highest BCUT2D eigenvalue weighted by Gasteiger charge is 2.29. The van der Waals surface area contributed by atoms with E-state index in [1.54, 1.807) is 38.5 Å². The first-order valence-electron chi connectivity index (χ1n) is 10.1. The Balaban J connectivity index is 1.85. The van der Waals surface area contributed by atoms with Crippen LogP contribution in [0.1, 0.15) is 35.2 Å². The predicted octanol–water partition coefficient (Wildman–Crippen LogP) is 2.82. The van der Waals surface area contributed by atoms with Crippen molar-refractivity contribution in [3.05, 3.63) is 47.5 Å². The summed E-state index contributed by atoms with van der Waals surface area (Å²) in [4.78, 5) is 12.8. The molecule has 1 amide bonds. The van der Waals surface area contributed by atoms with Gasteiger partial charge in [0.2, 0.25) is 10.0 Å². The number of hydrogen-bond acceptors (Lipinski definition) is 6. The maximum atomic E-state index is 13.2. The van der Waals surface area contributed by atoms with Crippen LogP contribution >= 0.6 is 0 Å². The molecular weight excluding hydrogens is 420 g/mol. The highest BCUT2D eigenvalue weighted by Crippen LogP contribution is 2.30. The molecule has 31 heavy (non-hydrogen) atoms. The van der Waals surface area contributed by atoms with Gasteiger partial charge in [0.1, 0.15) is 22.1 Å². The van der Waals surface area contributed by atoms with Gasteiger partial charge in [-0.1, -0.05) is 12.5 Å². The fourth-order valence-electron chi connectivity index (χ4n) is 3.64. The van der Waals surface area contributed by atoms with E-state index in [1.807, 2.05) is 0 Å². The van der Waals surface area contributed by atoms with Crippen LogP contribution in [-0.2, 0) is 16.6 Å². The topological polar surface area (TPSA) is 94.2 Å². The average Bonchev–Trinajstić information content (AvgIpc) is 2.82. The molecule has 2 aromatic rings. The van der Waals surface area contributed by atoms with Crippen LogP contribution in [0.15, 0.2) is 41.3 Å². The molecule has 0 saturated carbocycles. The molecule has 0 atom stereocenters. The second kappa shape index (κ2) is 10.0. The Morgan fingerprint density at radius 1 is 0.935 bits per heavy atom. The third kappa shape index (κ3) is 4.94. The van der Waals surface area contributed by atoms with Crippen LogP contribution in [0.4, 0.5) is 0 Å². The van der Waals surface area contributed by atoms with Crippen LogP contribution < -0.4 is 19.5 Å². The van der Waals surface area contributed by atoms with Gasteiger partial charge in [-0.15, -0.1) is 0 Å². The van der Waals surface area contributed by atoms with Crippen LogP contribution in [0.25, 0.3) is 0 Å². The van der Waals surface area contributed by atoms with E-state index in [9.17, 15) is 13.2 Å². The summed E-state index contributed by atoms with van der Waals surface area (Å²) in [5, 5.41) is 2.81. The lowest BCUT2D eigenvalue weighted by Gasteiger charge is -2.26. The van der Waals surface area contributed by atoms with Crippen molar-refractivity contribution < 1.29 is 27.4 Å². The van der Waals surface area contributed by atoms with Crippen molar-refractivity contribution in [2.75, 3.05) is 34.4 Å². The molecule has 9 heteroatoms. The molecule has 1 heterocycles. The Morgan fingerprint density at radius 2 is 1.55 bits per heavy atom. The molecule has 1 aliphatic heterocycles. The third-order valence-corrected chi connectivity index (χ3v) is 7.23. The first kappa shape index (κ1) is 22.9. The standard InChI is InChI=1S/C22H28N2O6S/c1-28-18-8-7-9-19(29-2)17(18)15-23-22(25)16-10-11-20(30-3)21(14-16)31(26,27)24-12-5-4-6-13-24/h7-11,14H,4-6,12-13,15H2,1-3H3,(H,23,25). The van der Waals surface area contributed by atoms with Crippen LogP contribution in [0.3, 0.4) is 0 Å². The summed E-state index contributed by atoms with van der Waals surface area (Å²) >= 11 is 0. The van der Waals surface area contributed by atoms with Crippen LogP contribution in [0.2, 0.25) is 0 Å².